The van der Waals surface area contributed by atoms with Gasteiger partial charge in [0.2, 0.25) is 0 Å². The van der Waals surface area contributed by atoms with Crippen LogP contribution in [0.1, 0.15) is 41.1 Å². The topological polar surface area (TPSA) is 114 Å². The second kappa shape index (κ2) is 7.81. The van der Waals surface area contributed by atoms with Crippen LogP contribution in [0, 0.1) is 17.0 Å². The number of nitrogens with zero attached hydrogens (tertiary/aromatic N) is 2. The Morgan fingerprint density at radius 3 is 2.38 bits per heavy atom. The third-order valence-corrected chi connectivity index (χ3v) is 3.96. The summed E-state index contributed by atoms with van der Waals surface area (Å²) in [6.07, 6.45) is 0.994. The maximum absolute atomic E-state index is 13.0. The number of aryl methyl sites for hydroxylation is 1. The van der Waals surface area contributed by atoms with Gasteiger partial charge in [-0.05, 0) is 26.3 Å². The largest absolute Gasteiger partial charge is 0.481 e. The number of rotatable bonds is 7. The second-order valence-electron chi connectivity index (χ2n) is 6.24. The monoisotopic (exact) mass is 360 g/mol. The summed E-state index contributed by atoms with van der Waals surface area (Å²) in [6.45, 7) is 5.61. The van der Waals surface area contributed by atoms with Crippen LogP contribution in [0.3, 0.4) is 0 Å². The number of furan rings is 1. The number of hydrogen-bond acceptors (Lipinski definition) is 5. The summed E-state index contributed by atoms with van der Waals surface area (Å²) in [6, 6.07) is 5.81. The van der Waals surface area contributed by atoms with Gasteiger partial charge in [-0.15, -0.1) is 0 Å². The molecule has 8 heteroatoms. The van der Waals surface area contributed by atoms with Crippen molar-refractivity contribution in [1.82, 2.24) is 4.90 Å². The van der Waals surface area contributed by atoms with Gasteiger partial charge >= 0.3 is 5.97 Å². The summed E-state index contributed by atoms with van der Waals surface area (Å²) in [5.74, 6) is -1.30. The molecule has 1 N–H and O–H groups in total. The van der Waals surface area contributed by atoms with Crippen LogP contribution < -0.4 is 0 Å². The van der Waals surface area contributed by atoms with Crippen LogP contribution in [-0.4, -0.2) is 32.8 Å². The van der Waals surface area contributed by atoms with E-state index in [1.54, 1.807) is 24.0 Å². The van der Waals surface area contributed by atoms with Gasteiger partial charge in [-0.1, -0.05) is 12.1 Å². The molecule has 0 bridgehead atoms. The van der Waals surface area contributed by atoms with E-state index in [0.717, 1.165) is 5.56 Å². The fourth-order valence-electron chi connectivity index (χ4n) is 2.60. The summed E-state index contributed by atoms with van der Waals surface area (Å²) < 4.78 is 5.25. The molecular weight excluding hydrogens is 340 g/mol. The number of carbonyl (C=O) groups excluding carboxylic acids is 1. The Bertz CT molecular complexity index is 823. The molecule has 1 aromatic carbocycles. The zero-order chi connectivity index (χ0) is 19.4. The molecular formula is C18H20N2O6. The lowest BCUT2D eigenvalue weighted by Crippen LogP contribution is -2.37. The van der Waals surface area contributed by atoms with E-state index in [9.17, 15) is 19.7 Å². The summed E-state index contributed by atoms with van der Waals surface area (Å²) in [5.41, 5.74) is 1.53. The van der Waals surface area contributed by atoms with Gasteiger partial charge < -0.3 is 14.4 Å². The van der Waals surface area contributed by atoms with Crippen molar-refractivity contribution in [2.45, 2.75) is 39.8 Å². The van der Waals surface area contributed by atoms with Gasteiger partial charge in [-0.25, -0.2) is 0 Å². The first kappa shape index (κ1) is 19.2. The van der Waals surface area contributed by atoms with Gasteiger partial charge in [0.05, 0.1) is 16.7 Å². The number of nitro groups is 1. The smallest absolute Gasteiger partial charge is 0.311 e. The average Bonchev–Trinajstić information content (AvgIpc) is 2.91. The second-order valence-corrected chi connectivity index (χ2v) is 6.24. The van der Waals surface area contributed by atoms with Crippen molar-refractivity contribution in [3.63, 3.8) is 0 Å². The average molecular weight is 360 g/mol. The molecule has 0 saturated carbocycles. The molecule has 0 spiro atoms. The van der Waals surface area contributed by atoms with E-state index in [-0.39, 0.29) is 41.9 Å². The minimum atomic E-state index is -1.08. The first-order chi connectivity index (χ1) is 12.2. The standard InChI is InChI=1S/C18H20N2O6/c1-11(2)19(9-13-4-6-14(7-5-13)20(24)25)18(23)17-12(3)10-26-15(17)8-16(21)22/h4-7,10-11H,8-9H2,1-3H3,(H,21,22). The predicted molar refractivity (Wildman–Crippen MR) is 92.9 cm³/mol. The zero-order valence-corrected chi connectivity index (χ0v) is 14.8. The molecule has 0 aliphatic carbocycles. The fourth-order valence-corrected chi connectivity index (χ4v) is 2.60. The quantitative estimate of drug-likeness (QED) is 0.599. The van der Waals surface area contributed by atoms with E-state index in [0.29, 0.717) is 5.56 Å². The third kappa shape index (κ3) is 4.27. The molecule has 2 rings (SSSR count). The van der Waals surface area contributed by atoms with Crippen molar-refractivity contribution in [2.75, 3.05) is 0 Å². The Morgan fingerprint density at radius 2 is 1.88 bits per heavy atom. The zero-order valence-electron chi connectivity index (χ0n) is 14.8. The summed E-state index contributed by atoms with van der Waals surface area (Å²) >= 11 is 0. The van der Waals surface area contributed by atoms with E-state index in [1.807, 2.05) is 13.8 Å². The number of carboxylic acid groups (broad SMARTS) is 1. The first-order valence-electron chi connectivity index (χ1n) is 8.03. The molecule has 0 aliphatic rings. The van der Waals surface area contributed by atoms with E-state index >= 15 is 0 Å². The number of carboxylic acids is 1. The highest BCUT2D eigenvalue weighted by Gasteiger charge is 2.26. The van der Waals surface area contributed by atoms with Gasteiger partial charge in [0.1, 0.15) is 12.2 Å². The highest BCUT2D eigenvalue weighted by Crippen LogP contribution is 2.23. The van der Waals surface area contributed by atoms with E-state index in [4.69, 9.17) is 9.52 Å². The van der Waals surface area contributed by atoms with Gasteiger partial charge in [0, 0.05) is 30.3 Å². The normalized spacial score (nSPS) is 10.8. The Labute approximate surface area is 150 Å². The van der Waals surface area contributed by atoms with Gasteiger partial charge in [0.15, 0.2) is 0 Å². The van der Waals surface area contributed by atoms with Crippen molar-refractivity contribution in [1.29, 1.82) is 0 Å². The van der Waals surface area contributed by atoms with Gasteiger partial charge in [-0.2, -0.15) is 0 Å². The Kier molecular flexibility index (Phi) is 5.76. The van der Waals surface area contributed by atoms with Crippen molar-refractivity contribution < 1.29 is 24.0 Å². The summed E-state index contributed by atoms with van der Waals surface area (Å²) in [7, 11) is 0. The number of non-ortho nitro benzene ring substituents is 1. The summed E-state index contributed by atoms with van der Waals surface area (Å²) in [4.78, 5) is 35.9. The maximum Gasteiger partial charge on any atom is 0.311 e. The van der Waals surface area contributed by atoms with E-state index < -0.39 is 10.9 Å². The molecule has 8 nitrogen and oxygen atoms in total. The Hall–Kier alpha value is -3.16. The SMILES string of the molecule is Cc1coc(CC(=O)O)c1C(=O)N(Cc1ccc([N+](=O)[O-])cc1)C(C)C. The minimum absolute atomic E-state index is 0.0226. The lowest BCUT2D eigenvalue weighted by atomic mass is 10.1. The van der Waals surface area contributed by atoms with Crippen LogP contribution in [0.25, 0.3) is 0 Å². The number of carbonyl (C=O) groups is 2. The number of nitro benzene ring substituents is 1. The van der Waals surface area contributed by atoms with Crippen LogP contribution in [-0.2, 0) is 17.8 Å². The van der Waals surface area contributed by atoms with Crippen molar-refractivity contribution in [3.8, 4) is 0 Å². The van der Waals surface area contributed by atoms with Crippen LogP contribution >= 0.6 is 0 Å². The predicted octanol–water partition coefficient (Wildman–Crippen LogP) is 3.17. The van der Waals surface area contributed by atoms with Crippen LogP contribution in [0.5, 0.6) is 0 Å². The van der Waals surface area contributed by atoms with Gasteiger partial charge in [-0.3, -0.25) is 19.7 Å². The molecule has 1 heterocycles. The fraction of sp³-hybridized carbons (Fsp3) is 0.333. The van der Waals surface area contributed by atoms with Crippen LogP contribution in [0.4, 0.5) is 5.69 Å². The molecule has 0 aliphatic heterocycles. The molecule has 0 fully saturated rings. The molecule has 0 radical (unpaired) electrons. The van der Waals surface area contributed by atoms with E-state index in [2.05, 4.69) is 0 Å². The third-order valence-electron chi connectivity index (χ3n) is 3.96. The summed E-state index contributed by atoms with van der Waals surface area (Å²) in [5, 5.41) is 19.7. The Balaban J connectivity index is 2.30. The molecule has 26 heavy (non-hydrogen) atoms. The first-order valence-corrected chi connectivity index (χ1v) is 8.03. The van der Waals surface area contributed by atoms with Crippen molar-refractivity contribution in [3.05, 3.63) is 63.1 Å². The number of amides is 1. The van der Waals surface area contributed by atoms with Crippen LogP contribution in [0.15, 0.2) is 34.9 Å². The molecule has 2 aromatic rings. The highest BCUT2D eigenvalue weighted by atomic mass is 16.6. The molecule has 0 saturated heterocycles. The molecule has 0 atom stereocenters. The molecule has 0 unspecified atom stereocenters. The highest BCUT2D eigenvalue weighted by molar-refractivity contribution is 5.97. The maximum atomic E-state index is 13.0. The van der Waals surface area contributed by atoms with Crippen molar-refractivity contribution >= 4 is 17.6 Å². The lowest BCUT2D eigenvalue weighted by molar-refractivity contribution is -0.384. The molecule has 1 amide bonds. The van der Waals surface area contributed by atoms with Gasteiger partial charge in [0.25, 0.3) is 11.6 Å². The number of aliphatic carboxylic acids is 1. The Morgan fingerprint density at radius 1 is 1.27 bits per heavy atom. The van der Waals surface area contributed by atoms with Crippen LogP contribution in [0.2, 0.25) is 0 Å². The lowest BCUT2D eigenvalue weighted by Gasteiger charge is -2.27. The van der Waals surface area contributed by atoms with Crippen molar-refractivity contribution in [2.24, 2.45) is 0 Å². The molecule has 1 aromatic heterocycles. The molecule has 138 valence electrons. The minimum Gasteiger partial charge on any atom is -0.481 e. The van der Waals surface area contributed by atoms with E-state index in [1.165, 1.54) is 18.4 Å². The number of hydrogen-bond donors (Lipinski definition) is 1. The number of benzene rings is 1.